The van der Waals surface area contributed by atoms with E-state index in [-0.39, 0.29) is 7.12 Å². The number of rotatable bonds is 2. The van der Waals surface area contributed by atoms with Crippen LogP contribution in [-0.4, -0.2) is 12.1 Å². The summed E-state index contributed by atoms with van der Waals surface area (Å²) >= 11 is 0. The molecule has 0 radical (unpaired) electrons. The summed E-state index contributed by atoms with van der Waals surface area (Å²) in [6.07, 6.45) is 1.88. The number of anilines is 6. The second kappa shape index (κ2) is 6.39. The monoisotopic (exact) mass is 388 g/mol. The Hall–Kier alpha value is -3.73. The van der Waals surface area contributed by atoms with Crippen LogP contribution >= 0.6 is 0 Å². The van der Waals surface area contributed by atoms with Gasteiger partial charge in [0.05, 0.1) is 17.1 Å². The number of hydrogen-bond acceptors (Lipinski definition) is 4. The summed E-state index contributed by atoms with van der Waals surface area (Å²) in [5.74, 6) is 0.986. The van der Waals surface area contributed by atoms with E-state index in [2.05, 4.69) is 107 Å². The minimum atomic E-state index is -0.0468. The number of benzene rings is 3. The molecule has 0 saturated heterocycles. The highest BCUT2D eigenvalue weighted by atomic mass is 15.5. The van der Waals surface area contributed by atoms with Crippen LogP contribution in [0.3, 0.4) is 0 Å². The molecule has 0 aliphatic carbocycles. The summed E-state index contributed by atoms with van der Waals surface area (Å²) in [6, 6.07) is 29.9. The van der Waals surface area contributed by atoms with Gasteiger partial charge in [0.2, 0.25) is 0 Å². The molecule has 0 amide bonds. The molecule has 0 spiro atoms. The van der Waals surface area contributed by atoms with Crippen LogP contribution in [0.5, 0.6) is 0 Å². The number of aryl methyl sites for hydroxylation is 2. The van der Waals surface area contributed by atoms with Crippen molar-refractivity contribution in [2.45, 2.75) is 13.8 Å². The van der Waals surface area contributed by atoms with Gasteiger partial charge in [-0.2, -0.15) is 0 Å². The summed E-state index contributed by atoms with van der Waals surface area (Å²) in [5.41, 5.74) is 8.48. The van der Waals surface area contributed by atoms with Crippen LogP contribution in [0.1, 0.15) is 11.1 Å². The first-order valence-corrected chi connectivity index (χ1v) is 10.3. The molecule has 0 fully saturated rings. The fraction of sp³-hybridized carbons (Fsp3) is 0.0800. The van der Waals surface area contributed by atoms with Gasteiger partial charge in [-0.05, 0) is 61.4 Å². The Morgan fingerprint density at radius 1 is 0.600 bits per heavy atom. The van der Waals surface area contributed by atoms with Crippen molar-refractivity contribution < 1.29 is 0 Å². The molecule has 0 N–H and O–H groups in total. The Kier molecular flexibility index (Phi) is 3.66. The Bertz CT molecular complexity index is 1220. The van der Waals surface area contributed by atoms with E-state index in [4.69, 9.17) is 4.98 Å². The van der Waals surface area contributed by atoms with E-state index in [0.717, 1.165) is 17.2 Å². The average molecular weight is 388 g/mol. The molecule has 4 nitrogen and oxygen atoms in total. The zero-order valence-corrected chi connectivity index (χ0v) is 17.0. The molecule has 3 heterocycles. The number of hydrogen-bond donors (Lipinski definition) is 0. The lowest BCUT2D eigenvalue weighted by Crippen LogP contribution is -2.52. The summed E-state index contributed by atoms with van der Waals surface area (Å²) < 4.78 is 0. The van der Waals surface area contributed by atoms with E-state index >= 15 is 0 Å². The molecule has 0 unspecified atom stereocenters. The minimum absolute atomic E-state index is 0.0468. The van der Waals surface area contributed by atoms with Crippen molar-refractivity contribution >= 4 is 41.4 Å². The maximum absolute atomic E-state index is 4.80. The lowest BCUT2D eigenvalue weighted by Gasteiger charge is -2.32. The lowest BCUT2D eigenvalue weighted by atomic mass is 9.85. The van der Waals surface area contributed by atoms with Gasteiger partial charge in [0.1, 0.15) is 5.82 Å². The van der Waals surface area contributed by atoms with Crippen LogP contribution in [0.15, 0.2) is 91.1 Å². The third-order valence-corrected chi connectivity index (χ3v) is 6.06. The fourth-order valence-electron chi connectivity index (χ4n) is 4.86. The van der Waals surface area contributed by atoms with E-state index in [1.807, 2.05) is 12.3 Å². The molecule has 3 aromatic carbocycles. The first kappa shape index (κ1) is 17.2. The molecule has 30 heavy (non-hydrogen) atoms. The number of para-hydroxylation sites is 4. The van der Waals surface area contributed by atoms with Gasteiger partial charge in [0.25, 0.3) is 0 Å². The van der Waals surface area contributed by atoms with E-state index < -0.39 is 0 Å². The second-order valence-corrected chi connectivity index (χ2v) is 7.87. The maximum atomic E-state index is 4.80. The van der Waals surface area contributed by atoms with Crippen molar-refractivity contribution in [1.29, 1.82) is 0 Å². The zero-order valence-electron chi connectivity index (χ0n) is 17.0. The largest absolute Gasteiger partial charge is 0.520 e. The Morgan fingerprint density at radius 2 is 1.23 bits per heavy atom. The quantitative estimate of drug-likeness (QED) is 0.386. The molecule has 2 aliphatic rings. The molecule has 0 saturated carbocycles. The Labute approximate surface area is 177 Å². The summed E-state index contributed by atoms with van der Waals surface area (Å²) in [6.45, 7) is 4.39. The number of nitrogens with zero attached hydrogens (tertiary/aromatic N) is 4. The highest BCUT2D eigenvalue weighted by molar-refractivity contribution is 6.80. The van der Waals surface area contributed by atoms with E-state index in [0.29, 0.717) is 0 Å². The molecule has 0 atom stereocenters. The topological polar surface area (TPSA) is 22.6 Å². The lowest BCUT2D eigenvalue weighted by molar-refractivity contribution is 1.22. The normalized spacial score (nSPS) is 14.1. The van der Waals surface area contributed by atoms with Gasteiger partial charge in [-0.1, -0.05) is 48.5 Å². The van der Waals surface area contributed by atoms with Crippen molar-refractivity contribution in [3.63, 3.8) is 0 Å². The number of aromatic nitrogens is 1. The summed E-state index contributed by atoms with van der Waals surface area (Å²) in [7, 11) is -0.0468. The molecule has 5 heteroatoms. The minimum Gasteiger partial charge on any atom is -0.343 e. The SMILES string of the molecule is Cc1cccc(C)c1N1B2N(c3ccccc31)c1cccnc1N2c1ccccc1. The van der Waals surface area contributed by atoms with Crippen LogP contribution in [0.4, 0.5) is 34.3 Å². The standard InChI is InChI=1S/C25H21BN4/c1-18-10-8-11-19(2)24(18)30-22-15-7-6-14-21(22)29-23-16-9-17-27-25(23)28(26(29)30)20-12-4-3-5-13-20/h3-17H,1-2H3. The Morgan fingerprint density at radius 3 is 1.97 bits per heavy atom. The van der Waals surface area contributed by atoms with Crippen LogP contribution in [0.2, 0.25) is 0 Å². The average Bonchev–Trinajstić information content (AvgIpc) is 3.28. The molecular weight excluding hydrogens is 367 g/mol. The Balaban J connectivity index is 1.66. The van der Waals surface area contributed by atoms with Crippen LogP contribution in [0.25, 0.3) is 0 Å². The second-order valence-electron chi connectivity index (χ2n) is 7.87. The fourth-order valence-corrected chi connectivity index (χ4v) is 4.86. The van der Waals surface area contributed by atoms with E-state index in [1.165, 1.54) is 28.2 Å². The molecule has 2 aliphatic heterocycles. The van der Waals surface area contributed by atoms with Gasteiger partial charge in [-0.15, -0.1) is 0 Å². The molecule has 144 valence electrons. The maximum Gasteiger partial charge on any atom is 0.520 e. The molecule has 1 aromatic heterocycles. The van der Waals surface area contributed by atoms with Gasteiger partial charge in [0.15, 0.2) is 0 Å². The summed E-state index contributed by atoms with van der Waals surface area (Å²) in [4.78, 5) is 12.0. The highest BCUT2D eigenvalue weighted by Gasteiger charge is 2.54. The third kappa shape index (κ3) is 2.26. The van der Waals surface area contributed by atoms with Gasteiger partial charge < -0.3 is 14.4 Å². The number of fused-ring (bicyclic) bond motifs is 5. The molecule has 0 bridgehead atoms. The van der Waals surface area contributed by atoms with Crippen molar-refractivity contribution in [1.82, 2.24) is 4.98 Å². The van der Waals surface area contributed by atoms with E-state index in [9.17, 15) is 0 Å². The van der Waals surface area contributed by atoms with Crippen LogP contribution in [-0.2, 0) is 0 Å². The van der Waals surface area contributed by atoms with Gasteiger partial charge >= 0.3 is 7.12 Å². The first-order chi connectivity index (χ1) is 14.8. The van der Waals surface area contributed by atoms with Crippen molar-refractivity contribution in [2.75, 3.05) is 14.4 Å². The predicted octanol–water partition coefficient (Wildman–Crippen LogP) is 6.12. The molecule has 4 aromatic rings. The van der Waals surface area contributed by atoms with Gasteiger partial charge in [-0.25, -0.2) is 4.98 Å². The van der Waals surface area contributed by atoms with Crippen molar-refractivity contribution in [3.8, 4) is 0 Å². The molecule has 6 rings (SSSR count). The summed E-state index contributed by atoms with van der Waals surface area (Å²) in [5, 5.41) is 0. The van der Waals surface area contributed by atoms with Crippen LogP contribution in [0, 0.1) is 13.8 Å². The number of pyridine rings is 1. The van der Waals surface area contributed by atoms with Gasteiger partial charge in [-0.3, -0.25) is 0 Å². The third-order valence-electron chi connectivity index (χ3n) is 6.06. The first-order valence-electron chi connectivity index (χ1n) is 10.3. The van der Waals surface area contributed by atoms with Crippen molar-refractivity contribution in [3.05, 3.63) is 102 Å². The smallest absolute Gasteiger partial charge is 0.343 e. The van der Waals surface area contributed by atoms with Gasteiger partial charge in [0, 0.05) is 17.6 Å². The van der Waals surface area contributed by atoms with E-state index in [1.54, 1.807) is 0 Å². The molecular formula is C25H21BN4. The van der Waals surface area contributed by atoms with Crippen molar-refractivity contribution in [2.24, 2.45) is 0 Å². The zero-order chi connectivity index (χ0) is 20.2. The highest BCUT2D eigenvalue weighted by Crippen LogP contribution is 2.55. The van der Waals surface area contributed by atoms with Crippen LogP contribution < -0.4 is 14.4 Å². The predicted molar refractivity (Wildman–Crippen MR) is 125 cm³/mol.